The van der Waals surface area contributed by atoms with Crippen LogP contribution in [-0.2, 0) is 3.93 Å². The molecular weight excluding hydrogens is 509 g/mol. The number of likely N-dealkylation sites (N-methyl/N-ethyl adjacent to an activating group) is 1. The predicted molar refractivity (Wildman–Crippen MR) is 120 cm³/mol. The fraction of sp³-hybridized carbons (Fsp3) is 0.200. The van der Waals surface area contributed by atoms with Gasteiger partial charge >= 0.3 is 3.93 Å². The average molecular weight is 528 g/mol. The van der Waals surface area contributed by atoms with E-state index in [0.29, 0.717) is 23.6 Å². The molecule has 0 atom stereocenters. The van der Waals surface area contributed by atoms with E-state index in [9.17, 15) is 13.6 Å². The molecule has 0 fully saturated rings. The second kappa shape index (κ2) is 9.39. The lowest BCUT2D eigenvalue weighted by Crippen LogP contribution is -2.22. The lowest BCUT2D eigenvalue weighted by atomic mass is 10.2. The van der Waals surface area contributed by atoms with Crippen molar-refractivity contribution in [3.63, 3.8) is 0 Å². The first kappa shape index (κ1) is 22.0. The molecule has 0 bridgehead atoms. The maximum atomic E-state index is 14.4. The Morgan fingerprint density at radius 2 is 2.03 bits per heavy atom. The van der Waals surface area contributed by atoms with Crippen LogP contribution < -0.4 is 10.2 Å². The van der Waals surface area contributed by atoms with Crippen LogP contribution in [0.1, 0.15) is 16.2 Å². The Hall–Kier alpha value is -2.73. The lowest BCUT2D eigenvalue weighted by Gasteiger charge is -2.16. The van der Waals surface area contributed by atoms with Crippen molar-refractivity contribution in [2.75, 3.05) is 30.4 Å². The van der Waals surface area contributed by atoms with Crippen LogP contribution in [0.5, 0.6) is 0 Å². The summed E-state index contributed by atoms with van der Waals surface area (Å²) in [5.41, 5.74) is 0.307. The first-order valence-corrected chi connectivity index (χ1v) is 11.4. The van der Waals surface area contributed by atoms with Gasteiger partial charge in [0.1, 0.15) is 5.82 Å². The summed E-state index contributed by atoms with van der Waals surface area (Å²) in [5.74, 6) is -1.09. The number of nitrogens with zero attached hydrogens (tertiary/aromatic N) is 3. The second-order valence-corrected chi connectivity index (χ2v) is 8.32. The Balaban J connectivity index is 1.89. The van der Waals surface area contributed by atoms with Gasteiger partial charge in [0, 0.05) is 19.2 Å². The van der Waals surface area contributed by atoms with Gasteiger partial charge in [-0.1, -0.05) is 22.7 Å². The van der Waals surface area contributed by atoms with Crippen molar-refractivity contribution in [2.45, 2.75) is 3.93 Å². The Kier molecular flexibility index (Phi) is 6.87. The number of aliphatic hydroxyl groups is 1. The third-order valence-corrected chi connectivity index (χ3v) is 5.57. The fourth-order valence-electron chi connectivity index (χ4n) is 2.57. The van der Waals surface area contributed by atoms with Crippen LogP contribution in [0.15, 0.2) is 53.1 Å². The third kappa shape index (κ3) is 4.87. The molecule has 7 nitrogen and oxygen atoms in total. The molecule has 30 heavy (non-hydrogen) atoms. The number of benzene rings is 1. The molecule has 0 aliphatic heterocycles. The smallest absolute Gasteiger partial charge is 0.349 e. The highest BCUT2D eigenvalue weighted by atomic mass is 127. The number of hydrogen-bond acceptors (Lipinski definition) is 6. The van der Waals surface area contributed by atoms with Crippen LogP contribution in [-0.4, -0.2) is 45.7 Å². The number of amides is 1. The molecule has 1 aromatic carbocycles. The normalized spacial score (nSPS) is 11.3. The van der Waals surface area contributed by atoms with Gasteiger partial charge in [0.05, 0.1) is 18.5 Å². The van der Waals surface area contributed by atoms with Crippen LogP contribution in [0.3, 0.4) is 0 Å². The van der Waals surface area contributed by atoms with Crippen LogP contribution >= 0.6 is 20.7 Å². The Labute approximate surface area is 181 Å². The molecule has 0 saturated carbocycles. The van der Waals surface area contributed by atoms with E-state index in [-0.39, 0.29) is 12.5 Å². The third-order valence-electron chi connectivity index (χ3n) is 4.12. The van der Waals surface area contributed by atoms with Crippen molar-refractivity contribution < 1.29 is 23.1 Å². The fourth-order valence-corrected chi connectivity index (χ4v) is 3.28. The standard InChI is InChI=1S/C20H19F2IN4O3/c1-23-20(21,22)17-16(26-19(30-17)13-6-4-3-5-7-13)18(29)25-14-8-9-15(24-12-14)27(2)10-11-28/h3-9,12,28H,1,10-11H2,2H3,(H,25,29). The van der Waals surface area contributed by atoms with Gasteiger partial charge in [-0.2, -0.15) is 8.78 Å². The highest BCUT2D eigenvalue weighted by Crippen LogP contribution is 2.42. The lowest BCUT2D eigenvalue weighted by molar-refractivity contribution is 0.0910. The van der Waals surface area contributed by atoms with Gasteiger partial charge in [0.15, 0.2) is 5.69 Å². The first-order chi connectivity index (χ1) is 14.4. The molecule has 2 aromatic heterocycles. The minimum absolute atomic E-state index is 0.0293. The number of oxazole rings is 1. The minimum Gasteiger partial charge on any atom is -0.433 e. The predicted octanol–water partition coefficient (Wildman–Crippen LogP) is 3.87. The number of hydrogen-bond donors (Lipinski definition) is 2. The largest absolute Gasteiger partial charge is 0.433 e. The van der Waals surface area contributed by atoms with Crippen molar-refractivity contribution in [3.05, 3.63) is 60.1 Å². The molecule has 0 spiro atoms. The first-order valence-electron chi connectivity index (χ1n) is 8.79. The van der Waals surface area contributed by atoms with Gasteiger partial charge in [-0.3, -0.25) is 4.79 Å². The molecule has 0 saturated heterocycles. The summed E-state index contributed by atoms with van der Waals surface area (Å²) in [5, 5.41) is 11.5. The number of anilines is 2. The highest BCUT2D eigenvalue weighted by molar-refractivity contribution is 14.2. The van der Waals surface area contributed by atoms with Crippen LogP contribution in [0.4, 0.5) is 20.3 Å². The molecule has 3 rings (SSSR count). The van der Waals surface area contributed by atoms with E-state index >= 15 is 0 Å². The maximum absolute atomic E-state index is 14.4. The Bertz CT molecular complexity index is 1030. The number of aromatic nitrogens is 2. The zero-order valence-corrected chi connectivity index (χ0v) is 18.1. The summed E-state index contributed by atoms with van der Waals surface area (Å²) < 4.78 is 34.2. The summed E-state index contributed by atoms with van der Waals surface area (Å²) in [6, 6.07) is 11.7. The van der Waals surface area contributed by atoms with Gasteiger partial charge in [0.2, 0.25) is 11.7 Å². The van der Waals surface area contributed by atoms with E-state index in [1.807, 2.05) is 0 Å². The van der Waals surface area contributed by atoms with Crippen molar-refractivity contribution >= 4 is 42.7 Å². The number of halogens is 3. The van der Waals surface area contributed by atoms with Gasteiger partial charge in [-0.25, -0.2) is 9.97 Å². The van der Waals surface area contributed by atoms with Crippen molar-refractivity contribution in [2.24, 2.45) is 0 Å². The Morgan fingerprint density at radius 1 is 1.30 bits per heavy atom. The summed E-state index contributed by atoms with van der Waals surface area (Å²) in [4.78, 5) is 22.7. The van der Waals surface area contributed by atoms with E-state index in [2.05, 4.69) is 19.8 Å². The van der Waals surface area contributed by atoms with Gasteiger partial charge in [-0.05, 0) is 45.0 Å². The number of alkyl halides is 3. The zero-order chi connectivity index (χ0) is 21.7. The number of pyridine rings is 1. The number of nitrogens with one attached hydrogen (secondary N) is 1. The molecular formula is C20H19F2IN4O3. The van der Waals surface area contributed by atoms with E-state index in [1.165, 1.54) is 6.20 Å². The Morgan fingerprint density at radius 3 is 2.63 bits per heavy atom. The zero-order valence-electron chi connectivity index (χ0n) is 16.0. The second-order valence-electron chi connectivity index (χ2n) is 6.20. The van der Waals surface area contributed by atoms with Gasteiger partial charge < -0.3 is 19.7 Å². The molecule has 1 amide bonds. The molecule has 158 valence electrons. The maximum Gasteiger partial charge on any atom is 0.349 e. The minimum atomic E-state index is -3.35. The molecule has 0 aliphatic rings. The molecule has 0 radical (unpaired) electrons. The average Bonchev–Trinajstić information content (AvgIpc) is 3.22. The summed E-state index contributed by atoms with van der Waals surface area (Å²) in [7, 11) is 1.76. The van der Waals surface area contributed by atoms with Crippen molar-refractivity contribution in [3.8, 4) is 11.5 Å². The summed E-state index contributed by atoms with van der Waals surface area (Å²) >= 11 is -1.83. The van der Waals surface area contributed by atoms with Crippen molar-refractivity contribution in [1.29, 1.82) is 0 Å². The summed E-state index contributed by atoms with van der Waals surface area (Å²) in [6.45, 7) is 0.366. The number of carbonyl (C=O) groups excluding carboxylic acids is 1. The van der Waals surface area contributed by atoms with Crippen molar-refractivity contribution in [1.82, 2.24) is 9.97 Å². The van der Waals surface area contributed by atoms with Gasteiger partial charge in [-0.15, -0.1) is 0 Å². The molecule has 2 heterocycles. The molecule has 3 aromatic rings. The molecule has 2 N–H and O–H groups in total. The van der Waals surface area contributed by atoms with Gasteiger partial charge in [0.25, 0.3) is 5.91 Å². The quantitative estimate of drug-likeness (QED) is 0.341. The highest BCUT2D eigenvalue weighted by Gasteiger charge is 2.39. The topological polar surface area (TPSA) is 91.5 Å². The number of aliphatic hydroxyl groups excluding tert-OH is 1. The van der Waals surface area contributed by atoms with E-state index < -0.39 is 42.0 Å². The van der Waals surface area contributed by atoms with E-state index in [4.69, 9.17) is 9.52 Å². The number of rotatable bonds is 8. The van der Waals surface area contributed by atoms with E-state index in [0.717, 1.165) is 0 Å². The van der Waals surface area contributed by atoms with Crippen LogP contribution in [0, 0.1) is 0 Å². The SMILES string of the molecule is C=IC(F)(F)c1oc(-c2ccccc2)nc1C(=O)Nc1ccc(N(C)CCO)nc1. The molecule has 0 aliphatic carbocycles. The number of carbonyl (C=O) groups is 1. The monoisotopic (exact) mass is 528 g/mol. The molecule has 0 unspecified atom stereocenters. The summed E-state index contributed by atoms with van der Waals surface area (Å²) in [6.07, 6.45) is 1.39. The van der Waals surface area contributed by atoms with E-state index in [1.54, 1.807) is 54.4 Å². The van der Waals surface area contributed by atoms with Crippen LogP contribution in [0.25, 0.3) is 11.5 Å². The molecule has 10 heteroatoms. The van der Waals surface area contributed by atoms with Crippen LogP contribution in [0.2, 0.25) is 0 Å².